The molecule has 0 bridgehead atoms. The predicted octanol–water partition coefficient (Wildman–Crippen LogP) is 6.24. The molecule has 3 aromatic rings. The molecule has 7 heteroatoms. The monoisotopic (exact) mass is 493 g/mol. The second-order valence-corrected chi connectivity index (χ2v) is 10.2. The average Bonchev–Trinajstić information content (AvgIpc) is 3.46. The zero-order valence-corrected chi connectivity index (χ0v) is 21.1. The van der Waals surface area contributed by atoms with Crippen molar-refractivity contribution < 1.29 is 18.7 Å². The van der Waals surface area contributed by atoms with Crippen LogP contribution in [0.5, 0.6) is 0 Å². The largest absolute Gasteiger partial charge is 0.461 e. The Bertz CT molecular complexity index is 1180. The molecule has 0 radical (unpaired) electrons. The Kier molecular flexibility index (Phi) is 7.44. The normalized spacial score (nSPS) is 17.4. The summed E-state index contributed by atoms with van der Waals surface area (Å²) in [5.41, 5.74) is 2.75. The van der Waals surface area contributed by atoms with Crippen LogP contribution in [0.2, 0.25) is 0 Å². The van der Waals surface area contributed by atoms with E-state index in [9.17, 15) is 14.0 Å². The molecule has 2 aliphatic rings. The number of benzene rings is 1. The molecule has 6 nitrogen and oxygen atoms in total. The summed E-state index contributed by atoms with van der Waals surface area (Å²) in [6.07, 6.45) is 13.3. The number of hydrogen-bond acceptors (Lipinski definition) is 3. The molecule has 0 aliphatic heterocycles. The van der Waals surface area contributed by atoms with Crippen LogP contribution in [-0.4, -0.2) is 44.6 Å². The van der Waals surface area contributed by atoms with E-state index in [4.69, 9.17) is 4.74 Å². The van der Waals surface area contributed by atoms with Gasteiger partial charge in [0.05, 0.1) is 17.6 Å². The van der Waals surface area contributed by atoms with Crippen LogP contribution in [0.3, 0.4) is 0 Å². The van der Waals surface area contributed by atoms with Crippen molar-refractivity contribution in [3.63, 3.8) is 0 Å². The zero-order valence-electron chi connectivity index (χ0n) is 21.1. The molecule has 2 saturated carbocycles. The summed E-state index contributed by atoms with van der Waals surface area (Å²) < 4.78 is 22.6. The van der Waals surface area contributed by atoms with Gasteiger partial charge >= 0.3 is 5.97 Å². The number of ether oxygens (including phenoxy) is 1. The van der Waals surface area contributed by atoms with Crippen molar-refractivity contribution in [3.8, 4) is 5.69 Å². The maximum absolute atomic E-state index is 14.0. The fraction of sp³-hybridized carbons (Fsp3) is 0.517. The number of halogens is 1. The molecule has 1 amide bonds. The van der Waals surface area contributed by atoms with Crippen molar-refractivity contribution in [1.82, 2.24) is 14.0 Å². The van der Waals surface area contributed by atoms with E-state index in [1.807, 2.05) is 21.4 Å². The van der Waals surface area contributed by atoms with E-state index in [2.05, 4.69) is 4.90 Å². The Labute approximate surface area is 212 Å². The van der Waals surface area contributed by atoms with E-state index in [1.165, 1.54) is 50.7 Å². The van der Waals surface area contributed by atoms with Gasteiger partial charge in [-0.2, -0.15) is 0 Å². The Hall–Kier alpha value is -3.09. The molecule has 36 heavy (non-hydrogen) atoms. The molecule has 192 valence electrons. The van der Waals surface area contributed by atoms with E-state index in [0.29, 0.717) is 5.69 Å². The molecule has 1 aromatic carbocycles. The van der Waals surface area contributed by atoms with Gasteiger partial charge in [0.1, 0.15) is 18.1 Å². The first-order valence-electron chi connectivity index (χ1n) is 13.5. The highest BCUT2D eigenvalue weighted by atomic mass is 19.1. The van der Waals surface area contributed by atoms with Crippen LogP contribution in [0.15, 0.2) is 42.6 Å². The summed E-state index contributed by atoms with van der Waals surface area (Å²) in [6, 6.07) is 10.5. The summed E-state index contributed by atoms with van der Waals surface area (Å²) in [4.78, 5) is 29.1. The van der Waals surface area contributed by atoms with Crippen LogP contribution < -0.4 is 0 Å². The third-order valence-corrected chi connectivity index (χ3v) is 7.87. The number of amides is 1. The van der Waals surface area contributed by atoms with Crippen molar-refractivity contribution in [2.24, 2.45) is 0 Å². The first-order valence-corrected chi connectivity index (χ1v) is 13.5. The molecule has 2 aliphatic carbocycles. The fourth-order valence-corrected chi connectivity index (χ4v) is 6.16. The Morgan fingerprint density at radius 3 is 2.11 bits per heavy atom. The number of aromatic nitrogens is 2. The highest BCUT2D eigenvalue weighted by molar-refractivity contribution is 5.96. The Morgan fingerprint density at radius 1 is 0.917 bits per heavy atom. The van der Waals surface area contributed by atoms with Crippen LogP contribution in [0.1, 0.15) is 81.6 Å². The first-order chi connectivity index (χ1) is 17.6. The standard InChI is InChI=1S/C29H36FN3O3/c1-2-36-29(35)27-19-26-25(17-18-31(26)22-15-13-21(30)14-16-22)32(27)20-28(34)33(23-9-5-3-6-10-23)24-11-7-4-8-12-24/h13-19,23-24H,2-12,20H2,1H3. The molecule has 0 unspecified atom stereocenters. The smallest absolute Gasteiger partial charge is 0.355 e. The summed E-state index contributed by atoms with van der Waals surface area (Å²) in [7, 11) is 0. The lowest BCUT2D eigenvalue weighted by Crippen LogP contribution is -2.50. The number of hydrogen-bond donors (Lipinski definition) is 0. The van der Waals surface area contributed by atoms with Gasteiger partial charge in [-0.25, -0.2) is 9.18 Å². The van der Waals surface area contributed by atoms with Gasteiger partial charge in [-0.3, -0.25) is 4.79 Å². The van der Waals surface area contributed by atoms with Gasteiger partial charge in [-0.1, -0.05) is 38.5 Å². The highest BCUT2D eigenvalue weighted by Crippen LogP contribution is 2.32. The third kappa shape index (κ3) is 4.93. The van der Waals surface area contributed by atoms with E-state index in [-0.39, 0.29) is 37.0 Å². The number of rotatable bonds is 7. The Morgan fingerprint density at radius 2 is 1.53 bits per heavy atom. The molecular formula is C29H36FN3O3. The number of carbonyl (C=O) groups excluding carboxylic acids is 2. The van der Waals surface area contributed by atoms with Gasteiger partial charge < -0.3 is 18.8 Å². The highest BCUT2D eigenvalue weighted by Gasteiger charge is 2.33. The third-order valence-electron chi connectivity index (χ3n) is 7.87. The second-order valence-electron chi connectivity index (χ2n) is 10.2. The van der Waals surface area contributed by atoms with Gasteiger partial charge in [0.25, 0.3) is 0 Å². The summed E-state index contributed by atoms with van der Waals surface area (Å²) >= 11 is 0. The molecule has 5 rings (SSSR count). The summed E-state index contributed by atoms with van der Waals surface area (Å²) in [6.45, 7) is 2.15. The molecule has 2 fully saturated rings. The molecular weight excluding hydrogens is 457 g/mol. The molecule has 2 heterocycles. The minimum atomic E-state index is -0.436. The maximum Gasteiger partial charge on any atom is 0.355 e. The lowest BCUT2D eigenvalue weighted by Gasteiger charge is -2.42. The SMILES string of the molecule is CCOC(=O)c1cc2c(ccn2-c2ccc(F)cc2)n1CC(=O)N(C1CCCCC1)C1CCCCC1. The van der Waals surface area contributed by atoms with Crippen LogP contribution in [-0.2, 0) is 16.1 Å². The minimum absolute atomic E-state index is 0.0892. The molecule has 0 N–H and O–H groups in total. The van der Waals surface area contributed by atoms with Crippen LogP contribution >= 0.6 is 0 Å². The van der Waals surface area contributed by atoms with Gasteiger partial charge in [0, 0.05) is 24.0 Å². The molecule has 0 saturated heterocycles. The lowest BCUT2D eigenvalue weighted by atomic mass is 9.88. The van der Waals surface area contributed by atoms with Crippen molar-refractivity contribution in [2.75, 3.05) is 6.61 Å². The van der Waals surface area contributed by atoms with Gasteiger partial charge in [0.2, 0.25) is 5.91 Å². The molecule has 0 atom stereocenters. The summed E-state index contributed by atoms with van der Waals surface area (Å²) in [5.74, 6) is -0.650. The van der Waals surface area contributed by atoms with Crippen LogP contribution in [0.25, 0.3) is 16.7 Å². The number of carbonyl (C=O) groups is 2. The quantitative estimate of drug-likeness (QED) is 0.366. The fourth-order valence-electron chi connectivity index (χ4n) is 6.16. The zero-order chi connectivity index (χ0) is 25.1. The predicted molar refractivity (Wildman–Crippen MR) is 138 cm³/mol. The van der Waals surface area contributed by atoms with Crippen molar-refractivity contribution >= 4 is 22.9 Å². The van der Waals surface area contributed by atoms with Crippen LogP contribution in [0, 0.1) is 5.82 Å². The average molecular weight is 494 g/mol. The second kappa shape index (κ2) is 10.9. The van der Waals surface area contributed by atoms with Gasteiger partial charge in [-0.05, 0) is 69.0 Å². The van der Waals surface area contributed by atoms with E-state index in [1.54, 1.807) is 25.1 Å². The van der Waals surface area contributed by atoms with Crippen molar-refractivity contribution in [2.45, 2.75) is 89.8 Å². The van der Waals surface area contributed by atoms with E-state index >= 15 is 0 Å². The number of esters is 1. The number of nitrogens with zero attached hydrogens (tertiary/aromatic N) is 3. The lowest BCUT2D eigenvalue weighted by molar-refractivity contribution is -0.138. The minimum Gasteiger partial charge on any atom is -0.461 e. The van der Waals surface area contributed by atoms with Crippen LogP contribution in [0.4, 0.5) is 4.39 Å². The topological polar surface area (TPSA) is 56.5 Å². The van der Waals surface area contributed by atoms with Crippen molar-refractivity contribution in [3.05, 3.63) is 54.1 Å². The molecule has 2 aromatic heterocycles. The van der Waals surface area contributed by atoms with Crippen molar-refractivity contribution in [1.29, 1.82) is 0 Å². The first kappa shape index (κ1) is 24.6. The summed E-state index contributed by atoms with van der Waals surface area (Å²) in [5, 5.41) is 0. The maximum atomic E-state index is 14.0. The molecule has 0 spiro atoms. The van der Waals surface area contributed by atoms with E-state index in [0.717, 1.165) is 42.4 Å². The Balaban J connectivity index is 1.51. The van der Waals surface area contributed by atoms with E-state index < -0.39 is 5.97 Å². The number of fused-ring (bicyclic) bond motifs is 1. The van der Waals surface area contributed by atoms with Gasteiger partial charge in [-0.15, -0.1) is 0 Å². The van der Waals surface area contributed by atoms with Gasteiger partial charge in [0.15, 0.2) is 0 Å².